The molecule has 0 heterocycles. The van der Waals surface area contributed by atoms with Crippen molar-refractivity contribution in [3.8, 4) is 5.75 Å². The topological polar surface area (TPSA) is 21.3 Å². The van der Waals surface area contributed by atoms with E-state index in [2.05, 4.69) is 17.0 Å². The van der Waals surface area contributed by atoms with Crippen LogP contribution in [0.1, 0.15) is 31.4 Å². The molecular formula is C12H17F2NO. The number of alkyl halides is 2. The summed E-state index contributed by atoms with van der Waals surface area (Å²) in [6.45, 7) is -0.721. The molecule has 0 bridgehead atoms. The molecule has 1 N–H and O–H groups in total. The molecule has 0 spiro atoms. The molecule has 2 nitrogen and oxygen atoms in total. The van der Waals surface area contributed by atoms with Crippen LogP contribution in [0.15, 0.2) is 24.3 Å². The molecule has 0 aliphatic carbocycles. The molecule has 0 amide bonds. The zero-order valence-electron chi connectivity index (χ0n) is 9.54. The van der Waals surface area contributed by atoms with E-state index in [1.54, 1.807) is 12.1 Å². The highest BCUT2D eigenvalue weighted by Gasteiger charge is 2.15. The Balaban J connectivity index is 2.91. The van der Waals surface area contributed by atoms with Gasteiger partial charge < -0.3 is 10.1 Å². The van der Waals surface area contributed by atoms with Crippen molar-refractivity contribution in [3.05, 3.63) is 29.8 Å². The Hall–Kier alpha value is -1.16. The summed E-state index contributed by atoms with van der Waals surface area (Å²) in [7, 11) is 1.82. The maximum atomic E-state index is 12.2. The van der Waals surface area contributed by atoms with Crippen molar-refractivity contribution in [2.24, 2.45) is 0 Å². The van der Waals surface area contributed by atoms with Crippen LogP contribution in [0.4, 0.5) is 8.78 Å². The summed E-state index contributed by atoms with van der Waals surface area (Å²) in [5.41, 5.74) is 0.784. The summed E-state index contributed by atoms with van der Waals surface area (Å²) < 4.78 is 28.9. The quantitative estimate of drug-likeness (QED) is 0.807. The lowest BCUT2D eigenvalue weighted by Crippen LogP contribution is -2.17. The molecule has 1 unspecified atom stereocenters. The molecule has 0 fully saturated rings. The Morgan fingerprint density at radius 3 is 2.56 bits per heavy atom. The van der Waals surface area contributed by atoms with Gasteiger partial charge in [-0.05, 0) is 19.5 Å². The van der Waals surface area contributed by atoms with Crippen LogP contribution in [0, 0.1) is 0 Å². The number of halogens is 2. The van der Waals surface area contributed by atoms with Gasteiger partial charge in [-0.15, -0.1) is 0 Å². The smallest absolute Gasteiger partial charge is 0.387 e. The molecule has 0 aliphatic heterocycles. The first-order valence-corrected chi connectivity index (χ1v) is 5.40. The van der Waals surface area contributed by atoms with Crippen molar-refractivity contribution >= 4 is 0 Å². The number of hydrogen-bond acceptors (Lipinski definition) is 2. The average Bonchev–Trinajstić information content (AvgIpc) is 2.26. The Morgan fingerprint density at radius 2 is 2.00 bits per heavy atom. The van der Waals surface area contributed by atoms with Gasteiger partial charge in [0.05, 0.1) is 0 Å². The molecule has 0 saturated heterocycles. The Kier molecular flexibility index (Phi) is 5.19. The maximum Gasteiger partial charge on any atom is 0.387 e. The third-order valence-electron chi connectivity index (χ3n) is 2.44. The molecule has 1 aromatic carbocycles. The van der Waals surface area contributed by atoms with Gasteiger partial charge in [-0.2, -0.15) is 8.78 Å². The molecule has 16 heavy (non-hydrogen) atoms. The number of ether oxygens (including phenoxy) is 1. The van der Waals surface area contributed by atoms with Gasteiger partial charge >= 0.3 is 6.61 Å². The van der Waals surface area contributed by atoms with Gasteiger partial charge in [0, 0.05) is 11.6 Å². The standard InChI is InChI=1S/C12H17F2NO/c1-3-6-10(15-2)9-7-4-5-8-11(9)16-12(13)14/h4-5,7-8,10,12,15H,3,6H2,1-2H3. The summed E-state index contributed by atoms with van der Waals surface area (Å²) in [5.74, 6) is 0.255. The van der Waals surface area contributed by atoms with Crippen LogP contribution in [0.3, 0.4) is 0 Å². The lowest BCUT2D eigenvalue weighted by Gasteiger charge is -2.19. The second-order valence-electron chi connectivity index (χ2n) is 3.55. The molecule has 0 radical (unpaired) electrons. The maximum absolute atomic E-state index is 12.2. The fourth-order valence-corrected chi connectivity index (χ4v) is 1.72. The highest BCUT2D eigenvalue weighted by atomic mass is 19.3. The highest BCUT2D eigenvalue weighted by molar-refractivity contribution is 5.35. The Labute approximate surface area is 94.6 Å². The van der Waals surface area contributed by atoms with Crippen LogP contribution in [0.25, 0.3) is 0 Å². The van der Waals surface area contributed by atoms with E-state index in [1.165, 1.54) is 0 Å². The lowest BCUT2D eigenvalue weighted by molar-refractivity contribution is -0.0507. The minimum Gasteiger partial charge on any atom is -0.434 e. The van der Waals surface area contributed by atoms with E-state index >= 15 is 0 Å². The van der Waals surface area contributed by atoms with Crippen molar-refractivity contribution in [2.45, 2.75) is 32.4 Å². The average molecular weight is 229 g/mol. The number of hydrogen-bond donors (Lipinski definition) is 1. The fraction of sp³-hybridized carbons (Fsp3) is 0.500. The van der Waals surface area contributed by atoms with Crippen molar-refractivity contribution < 1.29 is 13.5 Å². The van der Waals surface area contributed by atoms with Crippen molar-refractivity contribution in [3.63, 3.8) is 0 Å². The van der Waals surface area contributed by atoms with Crippen LogP contribution in [0.5, 0.6) is 5.75 Å². The Bertz CT molecular complexity index is 318. The molecular weight excluding hydrogens is 212 g/mol. The summed E-state index contributed by atoms with van der Waals surface area (Å²) in [5, 5.41) is 3.11. The van der Waals surface area contributed by atoms with Crippen LogP contribution in [-0.4, -0.2) is 13.7 Å². The van der Waals surface area contributed by atoms with Gasteiger partial charge in [0.25, 0.3) is 0 Å². The first kappa shape index (κ1) is 12.9. The SMILES string of the molecule is CCCC(NC)c1ccccc1OC(F)F. The van der Waals surface area contributed by atoms with Gasteiger partial charge in [-0.3, -0.25) is 0 Å². The monoisotopic (exact) mass is 229 g/mol. The van der Waals surface area contributed by atoms with Gasteiger partial charge in [0.15, 0.2) is 0 Å². The Morgan fingerprint density at radius 1 is 1.31 bits per heavy atom. The predicted molar refractivity (Wildman–Crippen MR) is 59.8 cm³/mol. The molecule has 90 valence electrons. The summed E-state index contributed by atoms with van der Waals surface area (Å²) in [6.07, 6.45) is 1.87. The van der Waals surface area contributed by atoms with Crippen molar-refractivity contribution in [2.75, 3.05) is 7.05 Å². The zero-order valence-corrected chi connectivity index (χ0v) is 9.54. The van der Waals surface area contributed by atoms with E-state index in [1.807, 2.05) is 19.2 Å². The van der Waals surface area contributed by atoms with Crippen LogP contribution >= 0.6 is 0 Å². The molecule has 1 aromatic rings. The van der Waals surface area contributed by atoms with Crippen LogP contribution < -0.4 is 10.1 Å². The first-order chi connectivity index (χ1) is 7.69. The summed E-state index contributed by atoms with van der Waals surface area (Å²) in [6, 6.07) is 6.96. The predicted octanol–water partition coefficient (Wildman–Crippen LogP) is 3.35. The van der Waals surface area contributed by atoms with Gasteiger partial charge in [-0.1, -0.05) is 31.5 Å². The zero-order chi connectivity index (χ0) is 12.0. The molecule has 4 heteroatoms. The van der Waals surface area contributed by atoms with E-state index in [4.69, 9.17) is 0 Å². The minimum atomic E-state index is -2.78. The van der Waals surface area contributed by atoms with E-state index in [0.717, 1.165) is 18.4 Å². The molecule has 0 saturated carbocycles. The van der Waals surface area contributed by atoms with E-state index < -0.39 is 6.61 Å². The molecule has 0 aromatic heterocycles. The summed E-state index contributed by atoms with van der Waals surface area (Å²) >= 11 is 0. The van der Waals surface area contributed by atoms with Crippen molar-refractivity contribution in [1.82, 2.24) is 5.32 Å². The highest BCUT2D eigenvalue weighted by Crippen LogP contribution is 2.28. The number of nitrogens with one attached hydrogen (secondary N) is 1. The van der Waals surface area contributed by atoms with Gasteiger partial charge in [0.2, 0.25) is 0 Å². The largest absolute Gasteiger partial charge is 0.434 e. The molecule has 0 aliphatic rings. The van der Waals surface area contributed by atoms with E-state index in [-0.39, 0.29) is 11.8 Å². The third kappa shape index (κ3) is 3.45. The summed E-state index contributed by atoms with van der Waals surface area (Å²) in [4.78, 5) is 0. The normalized spacial score (nSPS) is 12.8. The van der Waals surface area contributed by atoms with Crippen LogP contribution in [0.2, 0.25) is 0 Å². The van der Waals surface area contributed by atoms with Gasteiger partial charge in [0.1, 0.15) is 5.75 Å². The third-order valence-corrected chi connectivity index (χ3v) is 2.44. The molecule has 1 atom stereocenters. The van der Waals surface area contributed by atoms with E-state index in [0.29, 0.717) is 0 Å². The number of rotatable bonds is 6. The number of para-hydroxylation sites is 1. The van der Waals surface area contributed by atoms with Crippen LogP contribution in [-0.2, 0) is 0 Å². The molecule has 1 rings (SSSR count). The fourth-order valence-electron chi connectivity index (χ4n) is 1.72. The number of benzene rings is 1. The van der Waals surface area contributed by atoms with Crippen molar-refractivity contribution in [1.29, 1.82) is 0 Å². The van der Waals surface area contributed by atoms with Gasteiger partial charge in [-0.25, -0.2) is 0 Å². The first-order valence-electron chi connectivity index (χ1n) is 5.40. The van der Waals surface area contributed by atoms with E-state index in [9.17, 15) is 8.78 Å². The second kappa shape index (κ2) is 6.43. The minimum absolute atomic E-state index is 0.0555. The second-order valence-corrected chi connectivity index (χ2v) is 3.55. The lowest BCUT2D eigenvalue weighted by atomic mass is 10.0.